The van der Waals surface area contributed by atoms with Gasteiger partial charge < -0.3 is 21.1 Å². The Kier molecular flexibility index (Phi) is 6.17. The number of carbonyl (C=O) groups excluding carboxylic acids is 3. The maximum Gasteiger partial charge on any atom is 0.269 e. The molecule has 1 fully saturated rings. The average molecular weight is 504 g/mol. The highest BCUT2D eigenvalue weighted by Crippen LogP contribution is 2.27. The lowest BCUT2D eigenvalue weighted by Crippen LogP contribution is -2.44. The number of rotatable bonds is 6. The largest absolute Gasteiger partial charge is 0.508 e. The number of nitrogens with zero attached hydrogens (tertiary/aromatic N) is 6. The Hall–Kier alpha value is -4.94. The highest BCUT2D eigenvalue weighted by molar-refractivity contribution is 6.05. The number of amides is 3. The summed E-state index contributed by atoms with van der Waals surface area (Å²) in [6.45, 7) is -0.619. The van der Waals surface area contributed by atoms with Crippen LogP contribution in [0.5, 0.6) is 5.75 Å². The number of primary amides is 1. The van der Waals surface area contributed by atoms with E-state index >= 15 is 0 Å². The number of fused-ring (bicyclic) bond motifs is 1. The maximum atomic E-state index is 14.3. The number of aromatic nitrogens is 5. The second kappa shape index (κ2) is 9.60. The first-order valence-corrected chi connectivity index (χ1v) is 11.3. The van der Waals surface area contributed by atoms with Crippen LogP contribution in [0, 0.1) is 0 Å². The van der Waals surface area contributed by atoms with Gasteiger partial charge in [-0.1, -0.05) is 6.07 Å². The van der Waals surface area contributed by atoms with Gasteiger partial charge in [0.2, 0.25) is 11.8 Å². The molecular formula is C24H21FN8O4. The van der Waals surface area contributed by atoms with E-state index in [-0.39, 0.29) is 36.8 Å². The minimum atomic E-state index is -1.40. The highest BCUT2D eigenvalue weighted by atomic mass is 19.1. The molecule has 12 nitrogen and oxygen atoms in total. The molecule has 0 radical (unpaired) electrons. The van der Waals surface area contributed by atoms with Crippen molar-refractivity contribution < 1.29 is 23.9 Å². The smallest absolute Gasteiger partial charge is 0.269 e. The van der Waals surface area contributed by atoms with Crippen molar-refractivity contribution in [2.75, 3.05) is 11.9 Å². The Morgan fingerprint density at radius 2 is 1.95 bits per heavy atom. The van der Waals surface area contributed by atoms with Gasteiger partial charge in [0.1, 0.15) is 30.3 Å². The molecule has 0 bridgehead atoms. The molecule has 0 aliphatic carbocycles. The molecule has 2 atom stereocenters. The van der Waals surface area contributed by atoms with E-state index in [1.165, 1.54) is 29.2 Å². The fourth-order valence-corrected chi connectivity index (χ4v) is 4.35. The number of hydrogen-bond donors (Lipinski definition) is 3. The number of halogens is 1. The first kappa shape index (κ1) is 23.8. The standard InChI is InChI=1S/C24H21FN8O4/c25-15-8-19(24(37)30-20-9-16(34)4-5-27-20)32(11-15)21(35)12-33-18-2-1-13(14-3-6-28-29-10-14)7-17(18)22(31-33)23(26)36/h1-7,9-10,15,19H,8,11-12H2,(H2,26,36)(H2,27,30,34,37). The number of aromatic hydroxyl groups is 1. The Balaban J connectivity index is 1.41. The van der Waals surface area contributed by atoms with Gasteiger partial charge >= 0.3 is 0 Å². The van der Waals surface area contributed by atoms with Crippen LogP contribution in [-0.4, -0.2) is 71.4 Å². The molecule has 4 aromatic rings. The van der Waals surface area contributed by atoms with Crippen LogP contribution in [0.4, 0.5) is 10.2 Å². The Bertz CT molecular complexity index is 1510. The number of nitrogens with one attached hydrogen (secondary N) is 1. The van der Waals surface area contributed by atoms with Crippen molar-refractivity contribution in [3.05, 3.63) is 60.7 Å². The van der Waals surface area contributed by atoms with E-state index in [1.54, 1.807) is 30.5 Å². The Morgan fingerprint density at radius 3 is 2.68 bits per heavy atom. The summed E-state index contributed by atoms with van der Waals surface area (Å²) in [4.78, 5) is 43.2. The van der Waals surface area contributed by atoms with E-state index in [2.05, 4.69) is 25.6 Å². The molecule has 13 heteroatoms. The number of hydrogen-bond acceptors (Lipinski definition) is 8. The predicted molar refractivity (Wildman–Crippen MR) is 129 cm³/mol. The Labute approximate surface area is 208 Å². The van der Waals surface area contributed by atoms with Crippen molar-refractivity contribution in [3.63, 3.8) is 0 Å². The topological polar surface area (TPSA) is 169 Å². The van der Waals surface area contributed by atoms with Crippen LogP contribution in [0.1, 0.15) is 16.9 Å². The van der Waals surface area contributed by atoms with Crippen molar-refractivity contribution in [3.8, 4) is 16.9 Å². The van der Waals surface area contributed by atoms with Crippen LogP contribution >= 0.6 is 0 Å². The lowest BCUT2D eigenvalue weighted by molar-refractivity contribution is -0.137. The molecular weight excluding hydrogens is 483 g/mol. The van der Waals surface area contributed by atoms with Gasteiger partial charge in [-0.25, -0.2) is 9.37 Å². The van der Waals surface area contributed by atoms with E-state index in [0.29, 0.717) is 10.9 Å². The fraction of sp³-hybridized carbons (Fsp3) is 0.208. The number of benzene rings is 1. The van der Waals surface area contributed by atoms with Crippen LogP contribution in [-0.2, 0) is 16.1 Å². The van der Waals surface area contributed by atoms with Crippen molar-refractivity contribution >= 4 is 34.4 Å². The molecule has 1 aliphatic heterocycles. The Morgan fingerprint density at radius 1 is 1.11 bits per heavy atom. The van der Waals surface area contributed by atoms with Crippen LogP contribution in [0.15, 0.2) is 55.0 Å². The molecule has 37 heavy (non-hydrogen) atoms. The summed E-state index contributed by atoms with van der Waals surface area (Å²) < 4.78 is 15.6. The minimum absolute atomic E-state index is 0.0271. The first-order valence-electron chi connectivity index (χ1n) is 11.3. The predicted octanol–water partition coefficient (Wildman–Crippen LogP) is 1.27. The van der Waals surface area contributed by atoms with Crippen molar-refractivity contribution in [2.24, 2.45) is 5.73 Å². The molecule has 3 amide bonds. The lowest BCUT2D eigenvalue weighted by atomic mass is 10.0. The number of carbonyl (C=O) groups is 3. The second-order valence-corrected chi connectivity index (χ2v) is 8.52. The summed E-state index contributed by atoms with van der Waals surface area (Å²) in [5.41, 5.74) is 7.48. The third-order valence-electron chi connectivity index (χ3n) is 6.05. The summed E-state index contributed by atoms with van der Waals surface area (Å²) in [5, 5.41) is 24.4. The number of alkyl halides is 1. The van der Waals surface area contributed by atoms with Gasteiger partial charge in [-0.3, -0.25) is 19.1 Å². The van der Waals surface area contributed by atoms with Crippen LogP contribution < -0.4 is 11.1 Å². The van der Waals surface area contributed by atoms with Crippen LogP contribution in [0.2, 0.25) is 0 Å². The molecule has 3 aromatic heterocycles. The summed E-state index contributed by atoms with van der Waals surface area (Å²) in [5.74, 6) is -2.00. The summed E-state index contributed by atoms with van der Waals surface area (Å²) in [7, 11) is 0. The summed E-state index contributed by atoms with van der Waals surface area (Å²) in [6.07, 6.45) is 2.82. The molecule has 0 spiro atoms. The van der Waals surface area contributed by atoms with Gasteiger partial charge in [0.25, 0.3) is 5.91 Å². The SMILES string of the molecule is NC(=O)c1nn(CC(=O)N2CC(F)CC2C(=O)Nc2cc(O)ccn2)c2ccc(-c3ccnnc3)cc12. The highest BCUT2D eigenvalue weighted by Gasteiger charge is 2.40. The van der Waals surface area contributed by atoms with Crippen LogP contribution in [0.25, 0.3) is 22.0 Å². The molecule has 4 heterocycles. The zero-order valence-electron chi connectivity index (χ0n) is 19.3. The number of likely N-dealkylation sites (tertiary alicyclic amines) is 1. The van der Waals surface area contributed by atoms with Gasteiger partial charge in [0, 0.05) is 29.6 Å². The second-order valence-electron chi connectivity index (χ2n) is 8.52. The number of nitrogens with two attached hydrogens (primary N) is 1. The number of pyridine rings is 1. The van der Waals surface area contributed by atoms with Gasteiger partial charge in [-0.15, -0.1) is 0 Å². The van der Waals surface area contributed by atoms with Gasteiger partial charge in [-0.2, -0.15) is 15.3 Å². The molecule has 4 N–H and O–H groups in total. The van der Waals surface area contributed by atoms with Gasteiger partial charge in [0.15, 0.2) is 5.69 Å². The minimum Gasteiger partial charge on any atom is -0.508 e. The average Bonchev–Trinajstić information content (AvgIpc) is 3.45. The summed E-state index contributed by atoms with van der Waals surface area (Å²) >= 11 is 0. The quantitative estimate of drug-likeness (QED) is 0.353. The fourth-order valence-electron chi connectivity index (χ4n) is 4.35. The third kappa shape index (κ3) is 4.78. The monoisotopic (exact) mass is 504 g/mol. The van der Waals surface area contributed by atoms with E-state index in [9.17, 15) is 23.9 Å². The van der Waals surface area contributed by atoms with Gasteiger partial charge in [0.05, 0.1) is 24.5 Å². The van der Waals surface area contributed by atoms with Crippen molar-refractivity contribution in [2.45, 2.75) is 25.2 Å². The zero-order valence-corrected chi connectivity index (χ0v) is 19.3. The molecule has 1 saturated heterocycles. The third-order valence-corrected chi connectivity index (χ3v) is 6.05. The van der Waals surface area contributed by atoms with E-state index in [4.69, 9.17) is 5.73 Å². The normalized spacial score (nSPS) is 17.2. The molecule has 188 valence electrons. The molecule has 2 unspecified atom stereocenters. The molecule has 0 saturated carbocycles. The molecule has 5 rings (SSSR count). The van der Waals surface area contributed by atoms with Crippen molar-refractivity contribution in [1.29, 1.82) is 0 Å². The first-order chi connectivity index (χ1) is 17.8. The molecule has 1 aliphatic rings. The number of anilines is 1. The lowest BCUT2D eigenvalue weighted by Gasteiger charge is -2.23. The van der Waals surface area contributed by atoms with Crippen LogP contribution in [0.3, 0.4) is 0 Å². The van der Waals surface area contributed by atoms with E-state index in [0.717, 1.165) is 16.0 Å². The van der Waals surface area contributed by atoms with E-state index in [1.807, 2.05) is 0 Å². The maximum absolute atomic E-state index is 14.3. The van der Waals surface area contributed by atoms with Crippen molar-refractivity contribution in [1.82, 2.24) is 29.9 Å². The molecule has 1 aromatic carbocycles. The summed E-state index contributed by atoms with van der Waals surface area (Å²) in [6, 6.07) is 8.43. The van der Waals surface area contributed by atoms with Gasteiger partial charge in [-0.05, 0) is 29.8 Å². The van der Waals surface area contributed by atoms with E-state index < -0.39 is 29.9 Å². The zero-order chi connectivity index (χ0) is 26.1.